The first-order valence-corrected chi connectivity index (χ1v) is 9.70. The van der Waals surface area contributed by atoms with E-state index in [1.807, 2.05) is 82.3 Å². The van der Waals surface area contributed by atoms with Crippen LogP contribution in [0, 0.1) is 13.8 Å². The van der Waals surface area contributed by atoms with Gasteiger partial charge in [-0.05, 0) is 75.2 Å². The summed E-state index contributed by atoms with van der Waals surface area (Å²) in [5.74, 6) is 0. The zero-order valence-electron chi connectivity index (χ0n) is 17.4. The number of aliphatic imine (C=N–C) groups is 2. The van der Waals surface area contributed by atoms with E-state index in [1.165, 1.54) is 0 Å². The van der Waals surface area contributed by atoms with Gasteiger partial charge in [0, 0.05) is 10.0 Å². The molecule has 0 amide bonds. The van der Waals surface area contributed by atoms with E-state index < -0.39 is 0 Å². The summed E-state index contributed by atoms with van der Waals surface area (Å²) >= 11 is 12.2. The fraction of sp³-hybridized carbons (Fsp3) is 0.174. The predicted octanol–water partition coefficient (Wildman–Crippen LogP) is 1.29. The number of pyridine rings is 1. The first-order chi connectivity index (χ1) is 13.3. The van der Waals surface area contributed by atoms with Gasteiger partial charge in [0.1, 0.15) is 0 Å². The molecule has 0 saturated carbocycles. The van der Waals surface area contributed by atoms with Crippen molar-refractivity contribution in [3.63, 3.8) is 0 Å². The van der Waals surface area contributed by atoms with Gasteiger partial charge in [-0.2, -0.15) is 0 Å². The van der Waals surface area contributed by atoms with Crippen LogP contribution in [0.25, 0.3) is 0 Å². The van der Waals surface area contributed by atoms with E-state index in [0.717, 1.165) is 45.3 Å². The van der Waals surface area contributed by atoms with Gasteiger partial charge in [0.2, 0.25) is 0 Å². The second kappa shape index (κ2) is 13.5. The summed E-state index contributed by atoms with van der Waals surface area (Å²) in [5, 5.41) is 1.33. The molecule has 0 aliphatic rings. The molecule has 0 N–H and O–H groups in total. The van der Waals surface area contributed by atoms with Crippen molar-refractivity contribution in [3.8, 4) is 0 Å². The number of rotatable bonds is 4. The normalized spacial score (nSPS) is 11.2. The molecule has 0 unspecified atom stereocenters. The molecule has 8 heteroatoms. The van der Waals surface area contributed by atoms with Crippen molar-refractivity contribution in [2.75, 3.05) is 0 Å². The van der Waals surface area contributed by atoms with E-state index >= 15 is 0 Å². The molecular weight excluding hydrogens is 605 g/mol. The molecule has 0 fully saturated rings. The molecule has 164 valence electrons. The van der Waals surface area contributed by atoms with Gasteiger partial charge in [-0.1, -0.05) is 41.4 Å². The van der Waals surface area contributed by atoms with Crippen LogP contribution in [0.1, 0.15) is 36.4 Å². The molecule has 0 atom stereocenters. The Kier molecular flexibility index (Phi) is 13.1. The largest absolute Gasteiger partial charge is 2.00 e. The van der Waals surface area contributed by atoms with Gasteiger partial charge in [-0.25, -0.2) is 4.98 Å². The molecule has 0 spiro atoms. The summed E-state index contributed by atoms with van der Waals surface area (Å²) in [4.78, 5) is 14.2. The minimum atomic E-state index is 0. The van der Waals surface area contributed by atoms with Crippen LogP contribution >= 0.6 is 23.2 Å². The van der Waals surface area contributed by atoms with Crippen molar-refractivity contribution in [2.24, 2.45) is 9.98 Å². The molecule has 1 aromatic heterocycles. The van der Waals surface area contributed by atoms with Crippen LogP contribution in [0.4, 0.5) is 11.4 Å². The van der Waals surface area contributed by atoms with Crippen LogP contribution in [0.3, 0.4) is 0 Å². The van der Waals surface area contributed by atoms with E-state index in [4.69, 9.17) is 38.2 Å². The number of nitrogens with zero attached hydrogens (tertiary/aromatic N) is 3. The van der Waals surface area contributed by atoms with Gasteiger partial charge >= 0.3 is 17.1 Å². The first-order valence-electron chi connectivity index (χ1n) is 8.94. The summed E-state index contributed by atoms with van der Waals surface area (Å²) in [6.07, 6.45) is 0. The van der Waals surface area contributed by atoms with Crippen LogP contribution in [-0.2, 0) is 17.1 Å². The van der Waals surface area contributed by atoms with Crippen molar-refractivity contribution in [2.45, 2.75) is 27.7 Å². The average molecular weight is 626 g/mol. The molecule has 1 heterocycles. The zero-order valence-corrected chi connectivity index (χ0v) is 23.2. The molecule has 0 radical (unpaired) electrons. The summed E-state index contributed by atoms with van der Waals surface area (Å²) in [5.41, 5.74) is 7.05. The first kappa shape index (κ1) is 30.0. The molecule has 0 aliphatic heterocycles. The number of benzene rings is 2. The van der Waals surface area contributed by atoms with Crippen LogP contribution in [0.15, 0.2) is 64.6 Å². The van der Waals surface area contributed by atoms with E-state index in [9.17, 15) is 0 Å². The van der Waals surface area contributed by atoms with Gasteiger partial charge in [-0.15, -0.1) is 0 Å². The molecule has 3 rings (SSSR count). The van der Waals surface area contributed by atoms with Crippen molar-refractivity contribution >= 4 is 46.0 Å². The average Bonchev–Trinajstić information content (AvgIpc) is 2.67. The molecule has 3 nitrogen and oxygen atoms in total. The standard InChI is InChI=1S/C23H21Cl2N3.2BrH.Fe/c1-14-8-10-18(24)12-22(14)26-16(3)20-6-5-7-21(28-20)17(4)27-23-13-19(25)11-9-15(23)2;;;/h5-13H,1-4H3;2*1H;/q;;;+2/p-2. The van der Waals surface area contributed by atoms with E-state index in [-0.39, 0.29) is 51.0 Å². The quantitative estimate of drug-likeness (QED) is 0.318. The van der Waals surface area contributed by atoms with Crippen LogP contribution in [-0.4, -0.2) is 16.4 Å². The third-order valence-corrected chi connectivity index (χ3v) is 4.88. The Labute approximate surface area is 225 Å². The summed E-state index contributed by atoms with van der Waals surface area (Å²) in [7, 11) is 0. The maximum atomic E-state index is 6.10. The Hall–Kier alpha value is -1.01. The van der Waals surface area contributed by atoms with Crippen LogP contribution in [0.2, 0.25) is 10.0 Å². The number of hydrogen-bond acceptors (Lipinski definition) is 3. The SMILES string of the molecule is CC(=Nc1cc(Cl)ccc1C)c1cccc(C(C)=Nc2cc(Cl)ccc2C)n1.[Br-].[Br-].[Fe+2]. The van der Waals surface area contributed by atoms with E-state index in [0.29, 0.717) is 10.0 Å². The number of aromatic nitrogens is 1. The Morgan fingerprint density at radius 1 is 0.710 bits per heavy atom. The summed E-state index contributed by atoms with van der Waals surface area (Å²) < 4.78 is 0. The van der Waals surface area contributed by atoms with Crippen molar-refractivity contribution < 1.29 is 51.0 Å². The van der Waals surface area contributed by atoms with Gasteiger partial charge in [0.15, 0.2) is 0 Å². The Morgan fingerprint density at radius 3 is 1.48 bits per heavy atom. The molecule has 2 aromatic carbocycles. The van der Waals surface area contributed by atoms with E-state index in [2.05, 4.69) is 0 Å². The zero-order chi connectivity index (χ0) is 20.3. The Bertz CT molecular complexity index is 1020. The van der Waals surface area contributed by atoms with E-state index in [1.54, 1.807) is 0 Å². The third kappa shape index (κ3) is 8.12. The second-order valence-electron chi connectivity index (χ2n) is 6.66. The van der Waals surface area contributed by atoms with Crippen molar-refractivity contribution in [1.82, 2.24) is 4.98 Å². The molecule has 0 aliphatic carbocycles. The Balaban J connectivity index is 0.00000300. The van der Waals surface area contributed by atoms with Crippen molar-refractivity contribution in [1.29, 1.82) is 0 Å². The van der Waals surface area contributed by atoms with Crippen LogP contribution in [0.5, 0.6) is 0 Å². The fourth-order valence-electron chi connectivity index (χ4n) is 2.72. The Morgan fingerprint density at radius 2 is 1.10 bits per heavy atom. The second-order valence-corrected chi connectivity index (χ2v) is 7.54. The molecule has 3 aromatic rings. The minimum Gasteiger partial charge on any atom is -1.00 e. The minimum absolute atomic E-state index is 0. The monoisotopic (exact) mass is 623 g/mol. The number of halogens is 4. The number of aryl methyl sites for hydroxylation is 2. The maximum Gasteiger partial charge on any atom is 2.00 e. The smallest absolute Gasteiger partial charge is 1.00 e. The predicted molar refractivity (Wildman–Crippen MR) is 120 cm³/mol. The molecular formula is C23H21Br2Cl2FeN3. The van der Waals surface area contributed by atoms with Gasteiger partial charge in [-0.3, -0.25) is 9.98 Å². The van der Waals surface area contributed by atoms with Gasteiger partial charge in [0.25, 0.3) is 0 Å². The topological polar surface area (TPSA) is 37.6 Å². The van der Waals surface area contributed by atoms with Gasteiger partial charge < -0.3 is 34.0 Å². The third-order valence-electron chi connectivity index (χ3n) is 4.41. The summed E-state index contributed by atoms with van der Waals surface area (Å²) in [6, 6.07) is 17.2. The van der Waals surface area contributed by atoms with Crippen molar-refractivity contribution in [3.05, 3.63) is 87.2 Å². The fourth-order valence-corrected chi connectivity index (χ4v) is 3.05. The maximum absolute atomic E-state index is 6.10. The van der Waals surface area contributed by atoms with Crippen LogP contribution < -0.4 is 34.0 Å². The molecule has 31 heavy (non-hydrogen) atoms. The molecule has 0 bridgehead atoms. The number of hydrogen-bond donors (Lipinski definition) is 0. The van der Waals surface area contributed by atoms with Gasteiger partial charge in [0.05, 0.1) is 34.2 Å². The molecule has 0 saturated heterocycles. The summed E-state index contributed by atoms with van der Waals surface area (Å²) in [6.45, 7) is 7.91.